The Bertz CT molecular complexity index is 271. The first kappa shape index (κ1) is 8.80. The monoisotopic (exact) mass is 172 g/mol. The van der Waals surface area contributed by atoms with Crippen LogP contribution in [0, 0.1) is 19.3 Å². The van der Waals surface area contributed by atoms with E-state index in [9.17, 15) is 0 Å². The second-order valence-electron chi connectivity index (χ2n) is 3.81. The van der Waals surface area contributed by atoms with Gasteiger partial charge in [0.25, 0.3) is 0 Å². The van der Waals surface area contributed by atoms with Crippen molar-refractivity contribution in [3.8, 4) is 0 Å². The minimum atomic E-state index is 0.867. The molecule has 0 heterocycles. The van der Waals surface area contributed by atoms with Gasteiger partial charge in [-0.25, -0.2) is 0 Å². The summed E-state index contributed by atoms with van der Waals surface area (Å²) >= 11 is 0. The Hall–Kier alpha value is -0.780. The van der Waals surface area contributed by atoms with E-state index in [1.165, 1.54) is 24.0 Å². The summed E-state index contributed by atoms with van der Waals surface area (Å²) in [5, 5.41) is 0. The fraction of sp³-hybridized carbons (Fsp3) is 0.385. The normalized spacial score (nSPS) is 16.1. The molecule has 0 saturated heterocycles. The molecule has 68 valence electrons. The molecular weight excluding hydrogens is 156 g/mol. The van der Waals surface area contributed by atoms with E-state index in [4.69, 9.17) is 0 Å². The molecule has 0 atom stereocenters. The summed E-state index contributed by atoms with van der Waals surface area (Å²) in [5.74, 6) is 0.867. The minimum Gasteiger partial charge on any atom is -0.0620 e. The molecule has 1 aromatic rings. The molecule has 0 amide bonds. The van der Waals surface area contributed by atoms with Crippen molar-refractivity contribution < 1.29 is 0 Å². The van der Waals surface area contributed by atoms with Crippen LogP contribution >= 0.6 is 0 Å². The van der Waals surface area contributed by atoms with E-state index >= 15 is 0 Å². The van der Waals surface area contributed by atoms with Crippen molar-refractivity contribution >= 4 is 0 Å². The molecule has 0 spiro atoms. The molecule has 13 heavy (non-hydrogen) atoms. The highest BCUT2D eigenvalue weighted by Crippen LogP contribution is 2.35. The van der Waals surface area contributed by atoms with Crippen LogP contribution in [0.1, 0.15) is 30.4 Å². The third-order valence-corrected chi connectivity index (χ3v) is 2.54. The lowest BCUT2D eigenvalue weighted by Gasteiger charge is -2.06. The van der Waals surface area contributed by atoms with Gasteiger partial charge in [0.2, 0.25) is 0 Å². The molecular formula is C13H16. The Morgan fingerprint density at radius 2 is 2.08 bits per heavy atom. The molecule has 0 aliphatic heterocycles. The molecule has 0 N–H and O–H groups in total. The lowest BCUT2D eigenvalue weighted by atomic mass is 9.99. The zero-order valence-electron chi connectivity index (χ0n) is 8.00. The quantitative estimate of drug-likeness (QED) is 0.653. The molecule has 1 aliphatic carbocycles. The van der Waals surface area contributed by atoms with Crippen molar-refractivity contribution in [3.05, 3.63) is 48.7 Å². The SMILES string of the molecule is [CH2]CCc1ccccc1[CH]C1CC1. The summed E-state index contributed by atoms with van der Waals surface area (Å²) in [6.45, 7) is 3.90. The molecule has 0 nitrogen and oxygen atoms in total. The Balaban J connectivity index is 2.10. The van der Waals surface area contributed by atoms with Crippen LogP contribution in [0.15, 0.2) is 24.3 Å². The highest BCUT2D eigenvalue weighted by atomic mass is 14.3. The molecule has 0 bridgehead atoms. The van der Waals surface area contributed by atoms with E-state index in [0.717, 1.165) is 18.8 Å². The van der Waals surface area contributed by atoms with Crippen molar-refractivity contribution in [3.63, 3.8) is 0 Å². The smallest absolute Gasteiger partial charge is 0.00593 e. The number of hydrogen-bond acceptors (Lipinski definition) is 0. The van der Waals surface area contributed by atoms with Gasteiger partial charge in [-0.15, -0.1) is 0 Å². The standard InChI is InChI=1S/C13H16/c1-2-5-12-6-3-4-7-13(12)10-11-8-9-11/h3-4,6-7,10-11H,1-2,5,8-9H2. The van der Waals surface area contributed by atoms with Crippen molar-refractivity contribution in [2.75, 3.05) is 0 Å². The Morgan fingerprint density at radius 1 is 1.31 bits per heavy atom. The van der Waals surface area contributed by atoms with Crippen LogP contribution < -0.4 is 0 Å². The average molecular weight is 172 g/mol. The zero-order valence-corrected chi connectivity index (χ0v) is 8.00. The van der Waals surface area contributed by atoms with Gasteiger partial charge in [0.1, 0.15) is 0 Å². The van der Waals surface area contributed by atoms with Gasteiger partial charge in [-0.1, -0.05) is 31.2 Å². The highest BCUT2D eigenvalue weighted by molar-refractivity contribution is 5.34. The first-order valence-electron chi connectivity index (χ1n) is 5.12. The van der Waals surface area contributed by atoms with Gasteiger partial charge in [-0.2, -0.15) is 0 Å². The van der Waals surface area contributed by atoms with Gasteiger partial charge in [-0.3, -0.25) is 0 Å². The minimum absolute atomic E-state index is 0.867. The van der Waals surface area contributed by atoms with Crippen molar-refractivity contribution in [2.45, 2.75) is 25.7 Å². The Morgan fingerprint density at radius 3 is 2.77 bits per heavy atom. The van der Waals surface area contributed by atoms with Crippen molar-refractivity contribution in [2.24, 2.45) is 5.92 Å². The van der Waals surface area contributed by atoms with E-state index in [1.54, 1.807) is 0 Å². The predicted octanol–water partition coefficient (Wildman–Crippen LogP) is 3.42. The Kier molecular flexibility index (Phi) is 2.68. The third kappa shape index (κ3) is 2.33. The Labute approximate surface area is 81.0 Å². The average Bonchev–Trinajstić information content (AvgIpc) is 2.93. The first-order chi connectivity index (χ1) is 6.40. The molecule has 0 unspecified atom stereocenters. The number of benzene rings is 1. The maximum absolute atomic E-state index is 3.90. The van der Waals surface area contributed by atoms with Gasteiger partial charge in [0.05, 0.1) is 0 Å². The molecule has 1 fully saturated rings. The molecule has 1 saturated carbocycles. The molecule has 2 rings (SSSR count). The fourth-order valence-electron chi connectivity index (χ4n) is 1.63. The van der Waals surface area contributed by atoms with Gasteiger partial charge in [0, 0.05) is 0 Å². The summed E-state index contributed by atoms with van der Waals surface area (Å²) in [6.07, 6.45) is 7.30. The van der Waals surface area contributed by atoms with Crippen LogP contribution in [0.25, 0.3) is 0 Å². The topological polar surface area (TPSA) is 0 Å². The third-order valence-electron chi connectivity index (χ3n) is 2.54. The maximum atomic E-state index is 3.90. The number of aryl methyl sites for hydroxylation is 1. The van der Waals surface area contributed by atoms with Crippen LogP contribution in [-0.4, -0.2) is 0 Å². The number of rotatable bonds is 4. The van der Waals surface area contributed by atoms with E-state index in [2.05, 4.69) is 37.6 Å². The van der Waals surface area contributed by atoms with Gasteiger partial charge in [-0.05, 0) is 49.1 Å². The van der Waals surface area contributed by atoms with Gasteiger partial charge in [0.15, 0.2) is 0 Å². The fourth-order valence-corrected chi connectivity index (χ4v) is 1.63. The summed E-state index contributed by atoms with van der Waals surface area (Å²) in [5.41, 5.74) is 2.90. The van der Waals surface area contributed by atoms with E-state index < -0.39 is 0 Å². The second kappa shape index (κ2) is 3.95. The van der Waals surface area contributed by atoms with Gasteiger partial charge >= 0.3 is 0 Å². The molecule has 0 heteroatoms. The largest absolute Gasteiger partial charge is 0.0620 e. The molecule has 1 aliphatic rings. The van der Waals surface area contributed by atoms with Crippen molar-refractivity contribution in [1.29, 1.82) is 0 Å². The van der Waals surface area contributed by atoms with Crippen LogP contribution in [0.2, 0.25) is 0 Å². The van der Waals surface area contributed by atoms with Crippen LogP contribution in [0.4, 0.5) is 0 Å². The van der Waals surface area contributed by atoms with Crippen LogP contribution in [-0.2, 0) is 6.42 Å². The van der Waals surface area contributed by atoms with Crippen LogP contribution in [0.3, 0.4) is 0 Å². The summed E-state index contributed by atoms with van der Waals surface area (Å²) in [6, 6.07) is 8.69. The molecule has 0 aromatic heterocycles. The van der Waals surface area contributed by atoms with E-state index in [0.29, 0.717) is 0 Å². The lowest BCUT2D eigenvalue weighted by Crippen LogP contribution is -1.92. The highest BCUT2D eigenvalue weighted by Gasteiger charge is 2.22. The van der Waals surface area contributed by atoms with E-state index in [-0.39, 0.29) is 0 Å². The summed E-state index contributed by atoms with van der Waals surface area (Å²) in [7, 11) is 0. The second-order valence-corrected chi connectivity index (χ2v) is 3.81. The lowest BCUT2D eigenvalue weighted by molar-refractivity contribution is 0.955. The first-order valence-corrected chi connectivity index (χ1v) is 5.12. The summed E-state index contributed by atoms with van der Waals surface area (Å²) < 4.78 is 0. The van der Waals surface area contributed by atoms with Crippen molar-refractivity contribution in [1.82, 2.24) is 0 Å². The van der Waals surface area contributed by atoms with Gasteiger partial charge < -0.3 is 0 Å². The number of hydrogen-bond donors (Lipinski definition) is 0. The zero-order chi connectivity index (χ0) is 9.10. The summed E-state index contributed by atoms with van der Waals surface area (Å²) in [4.78, 5) is 0. The van der Waals surface area contributed by atoms with E-state index in [1.807, 2.05) is 0 Å². The maximum Gasteiger partial charge on any atom is -0.00593 e. The molecule has 2 radical (unpaired) electrons. The molecule has 1 aromatic carbocycles. The predicted molar refractivity (Wildman–Crippen MR) is 56.2 cm³/mol. The van der Waals surface area contributed by atoms with Crippen LogP contribution in [0.5, 0.6) is 0 Å².